The average molecular weight is 143 g/mol. The van der Waals surface area contributed by atoms with Gasteiger partial charge in [0.25, 0.3) is 0 Å². The first-order valence-electron chi connectivity index (χ1n) is 3.91. The van der Waals surface area contributed by atoms with Crippen molar-refractivity contribution in [3.63, 3.8) is 0 Å². The molecule has 1 radical (unpaired) electrons. The SMILES string of the molecule is CCC(C)OC1C[CH]OC1. The van der Waals surface area contributed by atoms with Gasteiger partial charge in [0, 0.05) is 6.42 Å². The summed E-state index contributed by atoms with van der Waals surface area (Å²) in [5, 5.41) is 0. The van der Waals surface area contributed by atoms with Crippen molar-refractivity contribution in [2.45, 2.75) is 38.9 Å². The highest BCUT2D eigenvalue weighted by molar-refractivity contribution is 4.72. The molecule has 1 aliphatic rings. The average Bonchev–Trinajstić information content (AvgIpc) is 2.40. The second kappa shape index (κ2) is 3.94. The van der Waals surface area contributed by atoms with Crippen molar-refractivity contribution < 1.29 is 9.47 Å². The summed E-state index contributed by atoms with van der Waals surface area (Å²) in [6, 6.07) is 0. The molecule has 1 rings (SSSR count). The van der Waals surface area contributed by atoms with E-state index in [1.54, 1.807) is 0 Å². The predicted molar refractivity (Wildman–Crippen MR) is 39.5 cm³/mol. The Bertz CT molecular complexity index is 87.3. The maximum atomic E-state index is 5.60. The zero-order valence-electron chi connectivity index (χ0n) is 6.67. The van der Waals surface area contributed by atoms with Crippen molar-refractivity contribution >= 4 is 0 Å². The summed E-state index contributed by atoms with van der Waals surface area (Å²) in [5.74, 6) is 0. The quantitative estimate of drug-likeness (QED) is 0.599. The van der Waals surface area contributed by atoms with Crippen LogP contribution in [-0.2, 0) is 9.47 Å². The highest BCUT2D eigenvalue weighted by atomic mass is 16.5. The number of hydrogen-bond donors (Lipinski definition) is 0. The number of hydrogen-bond acceptors (Lipinski definition) is 2. The molecule has 0 aliphatic carbocycles. The molecule has 0 aromatic heterocycles. The molecule has 0 amide bonds. The zero-order valence-corrected chi connectivity index (χ0v) is 6.67. The van der Waals surface area contributed by atoms with Crippen molar-refractivity contribution in [1.29, 1.82) is 0 Å². The molecule has 1 saturated heterocycles. The molecule has 2 heteroatoms. The van der Waals surface area contributed by atoms with Crippen LogP contribution in [0.1, 0.15) is 26.7 Å². The van der Waals surface area contributed by atoms with E-state index in [0.29, 0.717) is 12.2 Å². The summed E-state index contributed by atoms with van der Waals surface area (Å²) in [6.07, 6.45) is 2.72. The van der Waals surface area contributed by atoms with E-state index in [1.807, 2.05) is 6.61 Å². The van der Waals surface area contributed by atoms with E-state index in [4.69, 9.17) is 9.47 Å². The van der Waals surface area contributed by atoms with Crippen LogP contribution >= 0.6 is 0 Å². The first-order valence-corrected chi connectivity index (χ1v) is 3.91. The van der Waals surface area contributed by atoms with Gasteiger partial charge in [-0.15, -0.1) is 0 Å². The normalized spacial score (nSPS) is 28.8. The van der Waals surface area contributed by atoms with Crippen molar-refractivity contribution in [3.8, 4) is 0 Å². The van der Waals surface area contributed by atoms with Crippen molar-refractivity contribution in [1.82, 2.24) is 0 Å². The van der Waals surface area contributed by atoms with Crippen LogP contribution in [0.5, 0.6) is 0 Å². The van der Waals surface area contributed by atoms with Crippen molar-refractivity contribution in [3.05, 3.63) is 6.61 Å². The van der Waals surface area contributed by atoms with Gasteiger partial charge in [0.15, 0.2) is 0 Å². The molecule has 1 fully saturated rings. The molecule has 0 bridgehead atoms. The minimum absolute atomic E-state index is 0.315. The lowest BCUT2D eigenvalue weighted by Crippen LogP contribution is -2.18. The Balaban J connectivity index is 2.11. The summed E-state index contributed by atoms with van der Waals surface area (Å²) < 4.78 is 10.7. The summed E-state index contributed by atoms with van der Waals surface area (Å²) >= 11 is 0. The third kappa shape index (κ3) is 2.27. The second-order valence-corrected chi connectivity index (χ2v) is 2.71. The summed E-state index contributed by atoms with van der Waals surface area (Å²) in [6.45, 7) is 6.79. The first kappa shape index (κ1) is 8.02. The largest absolute Gasteiger partial charge is 0.373 e. The standard InChI is InChI=1S/C8H15O2/c1-3-7(2)10-8-4-5-9-6-8/h5,7-8H,3-4,6H2,1-2H3. The fourth-order valence-corrected chi connectivity index (χ4v) is 0.938. The zero-order chi connectivity index (χ0) is 7.40. The molecule has 2 atom stereocenters. The van der Waals surface area contributed by atoms with E-state index >= 15 is 0 Å². The van der Waals surface area contributed by atoms with Gasteiger partial charge < -0.3 is 9.47 Å². The van der Waals surface area contributed by atoms with E-state index in [9.17, 15) is 0 Å². The molecule has 0 N–H and O–H groups in total. The number of rotatable bonds is 3. The molecule has 1 heterocycles. The van der Waals surface area contributed by atoms with Gasteiger partial charge in [-0.1, -0.05) is 6.92 Å². The van der Waals surface area contributed by atoms with Gasteiger partial charge in [-0.25, -0.2) is 0 Å². The van der Waals surface area contributed by atoms with Gasteiger partial charge in [-0.05, 0) is 13.3 Å². The van der Waals surface area contributed by atoms with Crippen LogP contribution in [0.15, 0.2) is 0 Å². The van der Waals surface area contributed by atoms with E-state index in [0.717, 1.165) is 19.4 Å². The third-order valence-electron chi connectivity index (χ3n) is 1.76. The molecule has 59 valence electrons. The summed E-state index contributed by atoms with van der Waals surface area (Å²) in [5.41, 5.74) is 0. The van der Waals surface area contributed by atoms with Crippen LogP contribution < -0.4 is 0 Å². The molecular formula is C8H15O2. The van der Waals surface area contributed by atoms with E-state index in [1.165, 1.54) is 0 Å². The molecular weight excluding hydrogens is 128 g/mol. The lowest BCUT2D eigenvalue weighted by atomic mass is 10.3. The lowest BCUT2D eigenvalue weighted by molar-refractivity contribution is -0.00723. The van der Waals surface area contributed by atoms with Crippen LogP contribution in [0.3, 0.4) is 0 Å². The highest BCUT2D eigenvalue weighted by Crippen LogP contribution is 2.14. The predicted octanol–water partition coefficient (Wildman–Crippen LogP) is 1.75. The van der Waals surface area contributed by atoms with E-state index in [-0.39, 0.29) is 0 Å². The molecule has 0 spiro atoms. The monoisotopic (exact) mass is 143 g/mol. The van der Waals surface area contributed by atoms with E-state index < -0.39 is 0 Å². The topological polar surface area (TPSA) is 18.5 Å². The first-order chi connectivity index (χ1) is 4.83. The Labute approximate surface area is 62.5 Å². The summed E-state index contributed by atoms with van der Waals surface area (Å²) in [4.78, 5) is 0. The van der Waals surface area contributed by atoms with Crippen LogP contribution in [0.2, 0.25) is 0 Å². The molecule has 0 aromatic carbocycles. The summed E-state index contributed by atoms with van der Waals surface area (Å²) in [7, 11) is 0. The fraction of sp³-hybridized carbons (Fsp3) is 0.875. The molecule has 0 saturated carbocycles. The minimum Gasteiger partial charge on any atom is -0.373 e. The maximum absolute atomic E-state index is 5.60. The Morgan fingerprint density at radius 3 is 3.10 bits per heavy atom. The molecule has 2 unspecified atom stereocenters. The van der Waals surface area contributed by atoms with Gasteiger partial charge in [0.2, 0.25) is 0 Å². The van der Waals surface area contributed by atoms with Gasteiger partial charge in [0.05, 0.1) is 25.4 Å². The molecule has 2 nitrogen and oxygen atoms in total. The fourth-order valence-electron chi connectivity index (χ4n) is 0.938. The Morgan fingerprint density at radius 2 is 2.60 bits per heavy atom. The Hall–Kier alpha value is -0.0800. The number of ether oxygens (including phenoxy) is 2. The minimum atomic E-state index is 0.315. The second-order valence-electron chi connectivity index (χ2n) is 2.71. The third-order valence-corrected chi connectivity index (χ3v) is 1.76. The van der Waals surface area contributed by atoms with Gasteiger partial charge in [-0.2, -0.15) is 0 Å². The molecule has 0 aromatic rings. The smallest absolute Gasteiger partial charge is 0.0864 e. The van der Waals surface area contributed by atoms with Crippen molar-refractivity contribution in [2.75, 3.05) is 6.61 Å². The van der Waals surface area contributed by atoms with Gasteiger partial charge in [-0.3, -0.25) is 0 Å². The Kier molecular flexibility index (Phi) is 3.16. The van der Waals surface area contributed by atoms with Crippen LogP contribution in [0.4, 0.5) is 0 Å². The molecule has 10 heavy (non-hydrogen) atoms. The highest BCUT2D eigenvalue weighted by Gasteiger charge is 2.17. The lowest BCUT2D eigenvalue weighted by Gasteiger charge is -2.14. The van der Waals surface area contributed by atoms with Crippen molar-refractivity contribution in [2.24, 2.45) is 0 Å². The van der Waals surface area contributed by atoms with Gasteiger partial charge in [0.1, 0.15) is 0 Å². The van der Waals surface area contributed by atoms with Crippen LogP contribution in [0.25, 0.3) is 0 Å². The maximum Gasteiger partial charge on any atom is 0.0864 e. The van der Waals surface area contributed by atoms with Gasteiger partial charge >= 0.3 is 0 Å². The van der Waals surface area contributed by atoms with E-state index in [2.05, 4.69) is 13.8 Å². The molecule has 1 aliphatic heterocycles. The van der Waals surface area contributed by atoms with Crippen LogP contribution in [-0.4, -0.2) is 18.8 Å². The van der Waals surface area contributed by atoms with Crippen LogP contribution in [0, 0.1) is 6.61 Å². The Morgan fingerprint density at radius 1 is 1.80 bits per heavy atom.